The number of hydrogen-bond acceptors (Lipinski definition) is 5. The molecule has 0 aromatic heterocycles. The van der Waals surface area contributed by atoms with Gasteiger partial charge in [0.15, 0.2) is 0 Å². The Morgan fingerprint density at radius 3 is 2.54 bits per heavy atom. The Morgan fingerprint density at radius 1 is 1.08 bits per heavy atom. The highest BCUT2D eigenvalue weighted by atomic mass is 32.2. The standard InChI is InChI=1S/C19H23NO5S/c1-4-24-10-11-25-19(21)16-9-8-15(3)18(13-16)26(22,23)20-17-7-5-6-14(2)12-17/h5-9,12-13,20H,4,10-11H2,1-3H3. The average molecular weight is 377 g/mol. The van der Waals surface area contributed by atoms with Gasteiger partial charge in [-0.1, -0.05) is 18.2 Å². The van der Waals surface area contributed by atoms with Crippen LogP contribution >= 0.6 is 0 Å². The monoisotopic (exact) mass is 377 g/mol. The van der Waals surface area contributed by atoms with Crippen molar-refractivity contribution < 1.29 is 22.7 Å². The zero-order valence-electron chi connectivity index (χ0n) is 15.1. The maximum absolute atomic E-state index is 12.7. The second kappa shape index (κ2) is 8.82. The Kier molecular flexibility index (Phi) is 6.76. The molecule has 0 atom stereocenters. The van der Waals surface area contributed by atoms with Crippen LogP contribution in [0.1, 0.15) is 28.4 Å². The molecule has 26 heavy (non-hydrogen) atoms. The van der Waals surface area contributed by atoms with Crippen LogP contribution in [0.2, 0.25) is 0 Å². The van der Waals surface area contributed by atoms with Crippen molar-refractivity contribution in [3.63, 3.8) is 0 Å². The highest BCUT2D eigenvalue weighted by Gasteiger charge is 2.20. The second-order valence-electron chi connectivity index (χ2n) is 5.79. The summed E-state index contributed by atoms with van der Waals surface area (Å²) in [5.41, 5.74) is 2.12. The number of ether oxygens (including phenoxy) is 2. The molecule has 0 fully saturated rings. The van der Waals surface area contributed by atoms with Crippen molar-refractivity contribution in [2.24, 2.45) is 0 Å². The van der Waals surface area contributed by atoms with Crippen LogP contribution in [0, 0.1) is 13.8 Å². The van der Waals surface area contributed by atoms with Crippen LogP contribution in [-0.4, -0.2) is 34.2 Å². The number of hydrogen-bond donors (Lipinski definition) is 1. The van der Waals surface area contributed by atoms with E-state index in [1.807, 2.05) is 19.9 Å². The molecular formula is C19H23NO5S. The summed E-state index contributed by atoms with van der Waals surface area (Å²) in [4.78, 5) is 12.1. The maximum atomic E-state index is 12.7. The van der Waals surface area contributed by atoms with Gasteiger partial charge in [0.2, 0.25) is 0 Å². The lowest BCUT2D eigenvalue weighted by Crippen LogP contribution is -2.16. The van der Waals surface area contributed by atoms with Gasteiger partial charge in [0.05, 0.1) is 17.1 Å². The molecule has 140 valence electrons. The predicted molar refractivity (Wildman–Crippen MR) is 99.9 cm³/mol. The molecule has 6 nitrogen and oxygen atoms in total. The first-order valence-corrected chi connectivity index (χ1v) is 9.77. The Labute approximate surface area is 154 Å². The summed E-state index contributed by atoms with van der Waals surface area (Å²) in [5.74, 6) is -0.586. The Morgan fingerprint density at radius 2 is 1.85 bits per heavy atom. The molecule has 0 aliphatic carbocycles. The first-order chi connectivity index (χ1) is 12.3. The van der Waals surface area contributed by atoms with Crippen LogP contribution in [0.15, 0.2) is 47.4 Å². The van der Waals surface area contributed by atoms with E-state index in [-0.39, 0.29) is 17.1 Å². The lowest BCUT2D eigenvalue weighted by atomic mass is 10.1. The largest absolute Gasteiger partial charge is 0.460 e. The summed E-state index contributed by atoms with van der Waals surface area (Å²) >= 11 is 0. The molecule has 0 saturated heterocycles. The van der Waals surface area contributed by atoms with Gasteiger partial charge in [0.25, 0.3) is 10.0 Å². The fourth-order valence-corrected chi connectivity index (χ4v) is 3.68. The van der Waals surface area contributed by atoms with Gasteiger partial charge in [-0.2, -0.15) is 0 Å². The Hall–Kier alpha value is -2.38. The van der Waals surface area contributed by atoms with Crippen LogP contribution in [0.4, 0.5) is 5.69 Å². The van der Waals surface area contributed by atoms with Crippen LogP contribution < -0.4 is 4.72 Å². The highest BCUT2D eigenvalue weighted by Crippen LogP contribution is 2.21. The van der Waals surface area contributed by atoms with Gasteiger partial charge in [-0.3, -0.25) is 4.72 Å². The molecule has 0 bridgehead atoms. The van der Waals surface area contributed by atoms with Crippen LogP contribution in [0.25, 0.3) is 0 Å². The maximum Gasteiger partial charge on any atom is 0.338 e. The zero-order valence-corrected chi connectivity index (χ0v) is 15.9. The summed E-state index contributed by atoms with van der Waals surface area (Å²) in [6, 6.07) is 11.5. The molecule has 7 heteroatoms. The average Bonchev–Trinajstić information content (AvgIpc) is 2.58. The molecule has 2 aromatic rings. The van der Waals surface area contributed by atoms with Gasteiger partial charge in [-0.15, -0.1) is 0 Å². The third-order valence-electron chi connectivity index (χ3n) is 3.65. The number of nitrogens with one attached hydrogen (secondary N) is 1. The van der Waals surface area contributed by atoms with Crippen molar-refractivity contribution >= 4 is 21.7 Å². The lowest BCUT2D eigenvalue weighted by molar-refractivity contribution is 0.0335. The van der Waals surface area contributed by atoms with Crippen molar-refractivity contribution in [1.82, 2.24) is 0 Å². The summed E-state index contributed by atoms with van der Waals surface area (Å²) in [5, 5.41) is 0. The van der Waals surface area contributed by atoms with Crippen LogP contribution in [0.3, 0.4) is 0 Å². The third-order valence-corrected chi connectivity index (χ3v) is 5.17. The molecule has 0 spiro atoms. The molecule has 0 heterocycles. The van der Waals surface area contributed by atoms with Gasteiger partial charge >= 0.3 is 5.97 Å². The van der Waals surface area contributed by atoms with Gasteiger partial charge in [0, 0.05) is 12.3 Å². The quantitative estimate of drug-likeness (QED) is 0.564. The summed E-state index contributed by atoms with van der Waals surface area (Å²) in [7, 11) is -3.83. The smallest absolute Gasteiger partial charge is 0.338 e. The molecule has 0 saturated carbocycles. The van der Waals surface area contributed by atoms with E-state index >= 15 is 0 Å². The number of aryl methyl sites for hydroxylation is 2. The van der Waals surface area contributed by atoms with Gasteiger partial charge in [-0.05, 0) is 56.2 Å². The molecular weight excluding hydrogens is 354 g/mol. The fourth-order valence-electron chi connectivity index (χ4n) is 2.36. The highest BCUT2D eigenvalue weighted by molar-refractivity contribution is 7.92. The minimum Gasteiger partial charge on any atom is -0.460 e. The van der Waals surface area contributed by atoms with Gasteiger partial charge in [-0.25, -0.2) is 13.2 Å². The molecule has 0 aliphatic rings. The molecule has 2 rings (SSSR count). The second-order valence-corrected chi connectivity index (χ2v) is 7.44. The number of esters is 1. The minimum atomic E-state index is -3.83. The van der Waals surface area contributed by atoms with E-state index in [0.717, 1.165) is 5.56 Å². The summed E-state index contributed by atoms with van der Waals surface area (Å²) < 4.78 is 38.2. The third kappa shape index (κ3) is 5.31. The van der Waals surface area contributed by atoms with E-state index in [1.165, 1.54) is 6.07 Å². The topological polar surface area (TPSA) is 81.7 Å². The van der Waals surface area contributed by atoms with E-state index in [4.69, 9.17) is 9.47 Å². The van der Waals surface area contributed by atoms with Gasteiger partial charge < -0.3 is 9.47 Å². The first kappa shape index (κ1) is 19.9. The lowest BCUT2D eigenvalue weighted by Gasteiger charge is -2.12. The van der Waals surface area contributed by atoms with Crippen molar-refractivity contribution in [1.29, 1.82) is 0 Å². The first-order valence-electron chi connectivity index (χ1n) is 8.28. The number of anilines is 1. The molecule has 2 aromatic carbocycles. The number of benzene rings is 2. The minimum absolute atomic E-state index is 0.0401. The zero-order chi connectivity index (χ0) is 19.2. The number of carbonyl (C=O) groups excluding carboxylic acids is 1. The Balaban J connectivity index is 2.21. The van der Waals surface area contributed by atoms with E-state index in [0.29, 0.717) is 24.5 Å². The Bertz CT molecular complexity index is 877. The number of rotatable bonds is 8. The SMILES string of the molecule is CCOCCOC(=O)c1ccc(C)c(S(=O)(=O)Nc2cccc(C)c2)c1. The van der Waals surface area contributed by atoms with Crippen molar-refractivity contribution in [2.45, 2.75) is 25.7 Å². The van der Waals surface area contributed by atoms with E-state index in [2.05, 4.69) is 4.72 Å². The van der Waals surface area contributed by atoms with Crippen molar-refractivity contribution in [2.75, 3.05) is 24.5 Å². The predicted octanol–water partition coefficient (Wildman–Crippen LogP) is 3.30. The van der Waals surface area contributed by atoms with E-state index in [9.17, 15) is 13.2 Å². The van der Waals surface area contributed by atoms with E-state index in [1.54, 1.807) is 37.3 Å². The molecule has 0 aliphatic heterocycles. The molecule has 0 amide bonds. The van der Waals surface area contributed by atoms with Crippen LogP contribution in [-0.2, 0) is 19.5 Å². The number of sulfonamides is 1. The molecule has 0 radical (unpaired) electrons. The summed E-state index contributed by atoms with van der Waals surface area (Å²) in [6.45, 7) is 6.35. The van der Waals surface area contributed by atoms with E-state index < -0.39 is 16.0 Å². The fraction of sp³-hybridized carbons (Fsp3) is 0.316. The van der Waals surface area contributed by atoms with Crippen molar-refractivity contribution in [3.8, 4) is 0 Å². The van der Waals surface area contributed by atoms with Crippen molar-refractivity contribution in [3.05, 3.63) is 59.2 Å². The normalized spacial score (nSPS) is 11.2. The van der Waals surface area contributed by atoms with Gasteiger partial charge in [0.1, 0.15) is 6.61 Å². The number of carbonyl (C=O) groups is 1. The summed E-state index contributed by atoms with van der Waals surface area (Å²) in [6.07, 6.45) is 0. The molecule has 0 unspecified atom stereocenters. The van der Waals surface area contributed by atoms with Crippen LogP contribution in [0.5, 0.6) is 0 Å². The molecule has 1 N–H and O–H groups in total.